The van der Waals surface area contributed by atoms with Crippen molar-refractivity contribution in [1.29, 1.82) is 0 Å². The highest BCUT2D eigenvalue weighted by Crippen LogP contribution is 2.36. The monoisotopic (exact) mass is 304 g/mol. The van der Waals surface area contributed by atoms with Crippen molar-refractivity contribution in [3.05, 3.63) is 27.2 Å². The van der Waals surface area contributed by atoms with E-state index < -0.39 is 17.8 Å². The molecule has 94 valence electrons. The van der Waals surface area contributed by atoms with Gasteiger partial charge >= 0.3 is 12.0 Å². The molecular formula is C8H5Cl3F2N2O2. The summed E-state index contributed by atoms with van der Waals surface area (Å²) in [6.07, 6.45) is -4.17. The Morgan fingerprint density at radius 1 is 1.24 bits per heavy atom. The first kappa shape index (κ1) is 14.2. The number of hydrogen-bond donors (Lipinski definition) is 2. The Balaban J connectivity index is 3.03. The van der Waals surface area contributed by atoms with Gasteiger partial charge in [-0.25, -0.2) is 5.84 Å². The number of halogens is 5. The molecule has 0 aliphatic carbocycles. The van der Waals surface area contributed by atoms with Gasteiger partial charge in [0.2, 0.25) is 0 Å². The van der Waals surface area contributed by atoms with Crippen LogP contribution in [0.15, 0.2) is 12.1 Å². The van der Waals surface area contributed by atoms with Gasteiger partial charge in [0, 0.05) is 6.07 Å². The van der Waals surface area contributed by atoms with Crippen LogP contribution in [0.25, 0.3) is 0 Å². The van der Waals surface area contributed by atoms with E-state index >= 15 is 0 Å². The Hall–Kier alpha value is -0.820. The van der Waals surface area contributed by atoms with Gasteiger partial charge in [0.15, 0.2) is 0 Å². The normalized spacial score (nSPS) is 11.2. The number of rotatable bonds is 3. The molecule has 0 saturated heterocycles. The van der Waals surface area contributed by atoms with E-state index in [-0.39, 0.29) is 15.1 Å². The Labute approximate surface area is 110 Å². The van der Waals surface area contributed by atoms with Crippen LogP contribution in [-0.2, 0) is 4.79 Å². The minimum absolute atomic E-state index is 0.0463. The molecule has 0 spiro atoms. The molecular weight excluding hydrogens is 300 g/mol. The second kappa shape index (κ2) is 5.22. The summed E-state index contributed by atoms with van der Waals surface area (Å²) in [5, 5.41) is -0.200. The van der Waals surface area contributed by atoms with Crippen molar-refractivity contribution >= 4 is 40.7 Å². The lowest BCUT2D eigenvalue weighted by molar-refractivity contribution is -0.192. The molecule has 0 aliphatic heterocycles. The lowest BCUT2D eigenvalue weighted by Crippen LogP contribution is -2.47. The average Bonchev–Trinajstić information content (AvgIpc) is 2.24. The molecule has 0 aromatic heterocycles. The minimum atomic E-state index is -4.17. The predicted octanol–water partition coefficient (Wildman–Crippen LogP) is 2.61. The van der Waals surface area contributed by atoms with Crippen LogP contribution < -0.4 is 16.0 Å². The number of amides is 1. The quantitative estimate of drug-likeness (QED) is 0.390. The molecule has 1 amide bonds. The zero-order chi connectivity index (χ0) is 13.2. The highest BCUT2D eigenvalue weighted by Gasteiger charge is 2.42. The van der Waals surface area contributed by atoms with Gasteiger partial charge in [-0.3, -0.25) is 10.2 Å². The fourth-order valence-corrected chi connectivity index (χ4v) is 1.43. The van der Waals surface area contributed by atoms with Crippen molar-refractivity contribution in [1.82, 2.24) is 5.43 Å². The van der Waals surface area contributed by atoms with E-state index in [1.54, 1.807) is 0 Å². The maximum absolute atomic E-state index is 13.1. The Kier molecular flexibility index (Phi) is 4.37. The average molecular weight is 305 g/mol. The van der Waals surface area contributed by atoms with Gasteiger partial charge in [0.1, 0.15) is 5.75 Å². The number of benzene rings is 1. The van der Waals surface area contributed by atoms with E-state index in [4.69, 9.17) is 34.8 Å². The van der Waals surface area contributed by atoms with Gasteiger partial charge in [0.25, 0.3) is 0 Å². The van der Waals surface area contributed by atoms with Crippen LogP contribution in [0.5, 0.6) is 5.75 Å². The number of alkyl halides is 2. The molecule has 0 aliphatic rings. The molecule has 0 unspecified atom stereocenters. The summed E-state index contributed by atoms with van der Waals surface area (Å²) in [6, 6.07) is 2.07. The highest BCUT2D eigenvalue weighted by atomic mass is 35.5. The van der Waals surface area contributed by atoms with Crippen LogP contribution in [0.2, 0.25) is 15.1 Å². The first-order valence-corrected chi connectivity index (χ1v) is 5.13. The number of nitrogens with two attached hydrogens (primary N) is 1. The third-order valence-corrected chi connectivity index (χ3v) is 2.63. The number of carbonyl (C=O) groups is 1. The van der Waals surface area contributed by atoms with Crippen LogP contribution in [-0.4, -0.2) is 12.0 Å². The Morgan fingerprint density at radius 2 is 1.76 bits per heavy atom. The summed E-state index contributed by atoms with van der Waals surface area (Å²) in [5.41, 5.74) is 1.25. The van der Waals surface area contributed by atoms with E-state index in [2.05, 4.69) is 10.6 Å². The molecule has 1 aromatic rings. The Bertz CT molecular complexity index is 457. The molecule has 0 saturated carbocycles. The lowest BCUT2D eigenvalue weighted by atomic mass is 10.3. The molecule has 4 nitrogen and oxygen atoms in total. The summed E-state index contributed by atoms with van der Waals surface area (Å²) >= 11 is 16.8. The van der Waals surface area contributed by atoms with E-state index in [1.807, 2.05) is 0 Å². The van der Waals surface area contributed by atoms with Crippen LogP contribution in [0.4, 0.5) is 8.78 Å². The summed E-state index contributed by atoms with van der Waals surface area (Å²) in [6.45, 7) is 0. The fraction of sp³-hybridized carbons (Fsp3) is 0.125. The smallest absolute Gasteiger partial charge is 0.424 e. The van der Waals surface area contributed by atoms with Gasteiger partial charge in [-0.15, -0.1) is 0 Å². The summed E-state index contributed by atoms with van der Waals surface area (Å²) in [7, 11) is 0. The molecule has 0 heterocycles. The lowest BCUT2D eigenvalue weighted by Gasteiger charge is -2.17. The molecule has 0 atom stereocenters. The third kappa shape index (κ3) is 3.32. The summed E-state index contributed by atoms with van der Waals surface area (Å²) < 4.78 is 30.3. The van der Waals surface area contributed by atoms with Gasteiger partial charge in [-0.1, -0.05) is 34.8 Å². The summed E-state index contributed by atoms with van der Waals surface area (Å²) in [4.78, 5) is 10.7. The molecule has 9 heteroatoms. The molecule has 0 radical (unpaired) electrons. The van der Waals surface area contributed by atoms with Crippen molar-refractivity contribution in [3.63, 3.8) is 0 Å². The van der Waals surface area contributed by atoms with Crippen molar-refractivity contribution < 1.29 is 18.3 Å². The van der Waals surface area contributed by atoms with Crippen LogP contribution in [0.1, 0.15) is 0 Å². The van der Waals surface area contributed by atoms with E-state index in [9.17, 15) is 13.6 Å². The van der Waals surface area contributed by atoms with E-state index in [0.717, 1.165) is 12.1 Å². The van der Waals surface area contributed by atoms with Crippen LogP contribution in [0, 0.1) is 0 Å². The number of nitrogens with one attached hydrogen (secondary N) is 1. The number of carbonyl (C=O) groups excluding carboxylic acids is 1. The first-order valence-electron chi connectivity index (χ1n) is 4.00. The number of ether oxygens (including phenoxy) is 1. The van der Waals surface area contributed by atoms with E-state index in [0.29, 0.717) is 0 Å². The maximum atomic E-state index is 13.1. The van der Waals surface area contributed by atoms with E-state index in [1.165, 1.54) is 5.43 Å². The maximum Gasteiger partial charge on any atom is 0.483 e. The fourth-order valence-electron chi connectivity index (χ4n) is 0.851. The highest BCUT2D eigenvalue weighted by molar-refractivity contribution is 6.43. The zero-order valence-corrected chi connectivity index (χ0v) is 10.2. The molecule has 17 heavy (non-hydrogen) atoms. The zero-order valence-electron chi connectivity index (χ0n) is 7.94. The predicted molar refractivity (Wildman–Crippen MR) is 59.4 cm³/mol. The second-order valence-electron chi connectivity index (χ2n) is 2.79. The SMILES string of the molecule is NNC(=O)C(F)(F)Oc1cc(Cl)c(Cl)cc1Cl. The topological polar surface area (TPSA) is 64.3 Å². The first-order chi connectivity index (χ1) is 7.77. The van der Waals surface area contributed by atoms with Crippen molar-refractivity contribution in [2.75, 3.05) is 0 Å². The molecule has 3 N–H and O–H groups in total. The van der Waals surface area contributed by atoms with Gasteiger partial charge < -0.3 is 4.74 Å². The Morgan fingerprint density at radius 3 is 2.29 bits per heavy atom. The van der Waals surface area contributed by atoms with Gasteiger partial charge in [0.05, 0.1) is 15.1 Å². The van der Waals surface area contributed by atoms with Crippen LogP contribution >= 0.6 is 34.8 Å². The van der Waals surface area contributed by atoms with Crippen molar-refractivity contribution in [2.45, 2.75) is 6.11 Å². The number of hydrazine groups is 1. The number of hydrogen-bond acceptors (Lipinski definition) is 3. The van der Waals surface area contributed by atoms with Crippen molar-refractivity contribution in [3.8, 4) is 5.75 Å². The standard InChI is InChI=1S/C8H5Cl3F2N2O2/c9-3-1-5(11)6(2-4(3)10)17-8(12,13)7(16)15-14/h1-2H,14H2,(H,15,16). The van der Waals surface area contributed by atoms with Gasteiger partial charge in [-0.2, -0.15) is 8.78 Å². The second-order valence-corrected chi connectivity index (χ2v) is 4.01. The van der Waals surface area contributed by atoms with Crippen LogP contribution in [0.3, 0.4) is 0 Å². The minimum Gasteiger partial charge on any atom is -0.424 e. The molecule has 1 aromatic carbocycles. The largest absolute Gasteiger partial charge is 0.483 e. The third-order valence-electron chi connectivity index (χ3n) is 1.61. The molecule has 0 bridgehead atoms. The van der Waals surface area contributed by atoms with Gasteiger partial charge in [-0.05, 0) is 6.07 Å². The molecule has 1 rings (SSSR count). The summed E-state index contributed by atoms with van der Waals surface area (Å²) in [5.74, 6) is 2.25. The molecule has 0 fully saturated rings. The van der Waals surface area contributed by atoms with Crippen molar-refractivity contribution in [2.24, 2.45) is 5.84 Å².